The van der Waals surface area contributed by atoms with Crippen molar-refractivity contribution < 1.29 is 13.6 Å². The van der Waals surface area contributed by atoms with Crippen LogP contribution in [0.25, 0.3) is 0 Å². The van der Waals surface area contributed by atoms with Crippen LogP contribution in [0.1, 0.15) is 16.1 Å². The number of rotatable bonds is 3. The first-order valence-corrected chi connectivity index (χ1v) is 4.70. The molecule has 0 saturated heterocycles. The topological polar surface area (TPSA) is 45.2 Å². The van der Waals surface area contributed by atoms with Gasteiger partial charge in [-0.1, -0.05) is 0 Å². The van der Waals surface area contributed by atoms with Gasteiger partial charge in [0, 0.05) is 20.3 Å². The zero-order valence-corrected chi connectivity index (χ0v) is 9.42. The molecule has 1 amide bonds. The molecule has 0 unspecified atom stereocenters. The Morgan fingerprint density at radius 3 is 2.50 bits per heavy atom. The standard InChI is InChI=1S/C9H10ClF2N3O/c1-15(2)14-8(16)6-3-4-7(13-5-6)9(10,11)12/h3-5H,1-2H3,(H,14,16). The molecule has 0 aliphatic carbocycles. The Kier molecular flexibility index (Phi) is 3.77. The fourth-order valence-corrected chi connectivity index (χ4v) is 1.08. The molecule has 4 nitrogen and oxygen atoms in total. The zero-order valence-electron chi connectivity index (χ0n) is 8.67. The van der Waals surface area contributed by atoms with E-state index in [0.717, 1.165) is 12.3 Å². The third-order valence-corrected chi connectivity index (χ3v) is 1.83. The fraction of sp³-hybridized carbons (Fsp3) is 0.333. The Balaban J connectivity index is 2.83. The third-order valence-electron chi connectivity index (χ3n) is 1.64. The lowest BCUT2D eigenvalue weighted by molar-refractivity contribution is 0.0846. The maximum atomic E-state index is 12.6. The van der Waals surface area contributed by atoms with Gasteiger partial charge in [-0.25, -0.2) is 5.01 Å². The number of hydrazine groups is 1. The van der Waals surface area contributed by atoms with E-state index < -0.39 is 17.0 Å². The molecule has 0 fully saturated rings. The minimum Gasteiger partial charge on any atom is -0.285 e. The minimum absolute atomic E-state index is 0.179. The number of nitrogens with one attached hydrogen (secondary N) is 1. The quantitative estimate of drug-likeness (QED) is 0.653. The summed E-state index contributed by atoms with van der Waals surface area (Å²) in [7, 11) is 3.26. The highest BCUT2D eigenvalue weighted by Gasteiger charge is 2.29. The summed E-state index contributed by atoms with van der Waals surface area (Å²) in [6.07, 6.45) is 1.05. The molecule has 88 valence electrons. The summed E-state index contributed by atoms with van der Waals surface area (Å²) in [5.74, 6) is -0.429. The number of amides is 1. The first-order valence-electron chi connectivity index (χ1n) is 4.32. The Labute approximate surface area is 96.2 Å². The van der Waals surface area contributed by atoms with Crippen molar-refractivity contribution in [1.82, 2.24) is 15.4 Å². The van der Waals surface area contributed by atoms with E-state index in [1.165, 1.54) is 11.1 Å². The van der Waals surface area contributed by atoms with E-state index in [1.807, 2.05) is 0 Å². The SMILES string of the molecule is CN(C)NC(=O)c1ccc(C(F)(F)Cl)nc1. The van der Waals surface area contributed by atoms with Crippen molar-refractivity contribution in [2.45, 2.75) is 5.38 Å². The summed E-state index contributed by atoms with van der Waals surface area (Å²) in [4.78, 5) is 14.8. The van der Waals surface area contributed by atoms with Crippen LogP contribution in [0.5, 0.6) is 0 Å². The van der Waals surface area contributed by atoms with E-state index in [0.29, 0.717) is 0 Å². The largest absolute Gasteiger partial charge is 0.364 e. The van der Waals surface area contributed by atoms with Crippen molar-refractivity contribution in [3.05, 3.63) is 29.6 Å². The number of carbonyl (C=O) groups is 1. The van der Waals surface area contributed by atoms with Crippen LogP contribution in [0.15, 0.2) is 18.3 Å². The summed E-state index contributed by atoms with van der Waals surface area (Å²) in [6.45, 7) is 0. The molecular formula is C9H10ClF2N3O. The lowest BCUT2D eigenvalue weighted by Crippen LogP contribution is -2.36. The van der Waals surface area contributed by atoms with Crippen molar-refractivity contribution >= 4 is 17.5 Å². The summed E-state index contributed by atoms with van der Waals surface area (Å²) < 4.78 is 25.2. The number of pyridine rings is 1. The second-order valence-electron chi connectivity index (χ2n) is 3.27. The smallest absolute Gasteiger partial charge is 0.285 e. The normalized spacial score (nSPS) is 11.6. The monoisotopic (exact) mass is 249 g/mol. The van der Waals surface area contributed by atoms with Crippen LogP contribution in [0.4, 0.5) is 8.78 Å². The van der Waals surface area contributed by atoms with Crippen LogP contribution in [-0.4, -0.2) is 30.0 Å². The molecule has 0 saturated carbocycles. The van der Waals surface area contributed by atoms with E-state index in [9.17, 15) is 13.6 Å². The Morgan fingerprint density at radius 1 is 1.50 bits per heavy atom. The van der Waals surface area contributed by atoms with Crippen molar-refractivity contribution in [3.63, 3.8) is 0 Å². The number of hydrogen-bond acceptors (Lipinski definition) is 3. The Hall–Kier alpha value is -1.27. The number of aromatic nitrogens is 1. The Morgan fingerprint density at radius 2 is 2.12 bits per heavy atom. The first-order chi connectivity index (χ1) is 7.30. The van der Waals surface area contributed by atoms with Crippen LogP contribution in [0.3, 0.4) is 0 Å². The van der Waals surface area contributed by atoms with Crippen LogP contribution in [0, 0.1) is 0 Å². The van der Waals surface area contributed by atoms with Gasteiger partial charge in [0.25, 0.3) is 5.91 Å². The van der Waals surface area contributed by atoms with Crippen LogP contribution >= 0.6 is 11.6 Å². The molecule has 1 aromatic heterocycles. The molecule has 0 aromatic carbocycles. The number of halogens is 3. The number of nitrogens with zero attached hydrogens (tertiary/aromatic N) is 2. The number of hydrogen-bond donors (Lipinski definition) is 1. The zero-order chi connectivity index (χ0) is 12.3. The molecule has 1 N–H and O–H groups in total. The summed E-state index contributed by atoms with van der Waals surface area (Å²) in [5, 5.41) is -2.08. The molecule has 16 heavy (non-hydrogen) atoms. The summed E-state index contributed by atoms with van der Waals surface area (Å²) >= 11 is 4.77. The average molecular weight is 250 g/mol. The van der Waals surface area contributed by atoms with Gasteiger partial charge in [0.2, 0.25) is 0 Å². The van der Waals surface area contributed by atoms with Gasteiger partial charge < -0.3 is 0 Å². The molecule has 1 rings (SSSR count). The van der Waals surface area contributed by atoms with Crippen LogP contribution < -0.4 is 5.43 Å². The number of alkyl halides is 3. The Bertz CT molecular complexity index is 375. The van der Waals surface area contributed by atoms with Gasteiger partial charge in [-0.15, -0.1) is 0 Å². The van der Waals surface area contributed by atoms with Gasteiger partial charge in [0.15, 0.2) is 0 Å². The van der Waals surface area contributed by atoms with Gasteiger partial charge in [0.1, 0.15) is 5.69 Å². The highest BCUT2D eigenvalue weighted by atomic mass is 35.5. The van der Waals surface area contributed by atoms with Gasteiger partial charge in [-0.2, -0.15) is 8.78 Å². The molecule has 0 aliphatic heterocycles. The van der Waals surface area contributed by atoms with Gasteiger partial charge in [0.05, 0.1) is 5.56 Å². The minimum atomic E-state index is -3.52. The molecule has 0 aliphatic rings. The van der Waals surface area contributed by atoms with E-state index in [2.05, 4.69) is 10.4 Å². The van der Waals surface area contributed by atoms with Crippen molar-refractivity contribution in [1.29, 1.82) is 0 Å². The lowest BCUT2D eigenvalue weighted by Gasteiger charge is -2.12. The molecule has 0 radical (unpaired) electrons. The summed E-state index contributed by atoms with van der Waals surface area (Å²) in [6, 6.07) is 2.25. The molecule has 1 heterocycles. The van der Waals surface area contributed by atoms with Crippen molar-refractivity contribution in [3.8, 4) is 0 Å². The van der Waals surface area contributed by atoms with E-state index >= 15 is 0 Å². The van der Waals surface area contributed by atoms with Gasteiger partial charge >= 0.3 is 5.38 Å². The molecule has 1 aromatic rings. The summed E-state index contributed by atoms with van der Waals surface area (Å²) in [5.41, 5.74) is 2.04. The molecule has 0 bridgehead atoms. The first kappa shape index (κ1) is 12.8. The van der Waals surface area contributed by atoms with Gasteiger partial charge in [-0.3, -0.25) is 15.2 Å². The lowest BCUT2D eigenvalue weighted by atomic mass is 10.2. The van der Waals surface area contributed by atoms with Crippen LogP contribution in [-0.2, 0) is 5.38 Å². The average Bonchev–Trinajstić information content (AvgIpc) is 2.15. The molecule has 0 spiro atoms. The van der Waals surface area contributed by atoms with Crippen LogP contribution in [0.2, 0.25) is 0 Å². The fourth-order valence-electron chi connectivity index (χ4n) is 0.964. The predicted molar refractivity (Wildman–Crippen MR) is 55.1 cm³/mol. The predicted octanol–water partition coefficient (Wildman–Crippen LogP) is 1.58. The van der Waals surface area contributed by atoms with E-state index in [4.69, 9.17) is 11.6 Å². The van der Waals surface area contributed by atoms with Crippen molar-refractivity contribution in [2.24, 2.45) is 0 Å². The molecule has 7 heteroatoms. The third kappa shape index (κ3) is 3.39. The highest BCUT2D eigenvalue weighted by molar-refractivity contribution is 6.21. The maximum absolute atomic E-state index is 12.6. The van der Waals surface area contributed by atoms with E-state index in [1.54, 1.807) is 14.1 Å². The molecule has 0 atom stereocenters. The van der Waals surface area contributed by atoms with E-state index in [-0.39, 0.29) is 5.56 Å². The second kappa shape index (κ2) is 4.71. The second-order valence-corrected chi connectivity index (χ2v) is 3.74. The highest BCUT2D eigenvalue weighted by Crippen LogP contribution is 2.30. The van der Waals surface area contributed by atoms with Crippen molar-refractivity contribution in [2.75, 3.05) is 14.1 Å². The number of carbonyl (C=O) groups excluding carboxylic acids is 1. The maximum Gasteiger partial charge on any atom is 0.364 e. The van der Waals surface area contributed by atoms with Gasteiger partial charge in [-0.05, 0) is 23.7 Å². The molecular weight excluding hydrogens is 240 g/mol.